The summed E-state index contributed by atoms with van der Waals surface area (Å²) in [7, 11) is 2.06. The highest BCUT2D eigenvalue weighted by Gasteiger charge is 2.20. The van der Waals surface area contributed by atoms with Crippen LogP contribution in [0.5, 0.6) is 0 Å². The molecule has 1 aliphatic heterocycles. The van der Waals surface area contributed by atoms with Crippen LogP contribution in [0.2, 0.25) is 0 Å². The number of likely N-dealkylation sites (N-methyl/N-ethyl adjacent to an activating group) is 1. The number of hydrogen-bond acceptors (Lipinski definition) is 5. The average Bonchev–Trinajstić information content (AvgIpc) is 2.60. The summed E-state index contributed by atoms with van der Waals surface area (Å²) in [4.78, 5) is 33.5. The van der Waals surface area contributed by atoms with Crippen molar-refractivity contribution < 1.29 is 4.79 Å². The molecular weight excluding hydrogens is 324 g/mol. The number of benzene rings is 1. The fourth-order valence-corrected chi connectivity index (χ4v) is 3.69. The lowest BCUT2D eigenvalue weighted by atomic mass is 10.3. The van der Waals surface area contributed by atoms with Gasteiger partial charge in [0.1, 0.15) is 0 Å². The molecular formula is C17H22N4O2S. The van der Waals surface area contributed by atoms with Gasteiger partial charge in [0.15, 0.2) is 5.03 Å². The predicted molar refractivity (Wildman–Crippen MR) is 96.5 cm³/mol. The number of aryl methyl sites for hydroxylation is 1. The topological polar surface area (TPSA) is 58.4 Å². The Kier molecular flexibility index (Phi) is 5.20. The molecule has 1 fully saturated rings. The second-order valence-corrected chi connectivity index (χ2v) is 6.89. The Balaban J connectivity index is 1.77. The zero-order valence-electron chi connectivity index (χ0n) is 14.1. The van der Waals surface area contributed by atoms with Crippen LogP contribution in [0.15, 0.2) is 34.1 Å². The number of carbonyl (C=O) groups is 1. The molecule has 1 aliphatic rings. The van der Waals surface area contributed by atoms with Gasteiger partial charge < -0.3 is 14.4 Å². The number of thioether (sulfide) groups is 1. The molecule has 0 saturated carbocycles. The largest absolute Gasteiger partial charge is 0.339 e. The molecule has 2 heterocycles. The van der Waals surface area contributed by atoms with Crippen molar-refractivity contribution in [1.82, 2.24) is 19.4 Å². The molecule has 0 bridgehead atoms. The van der Waals surface area contributed by atoms with Crippen LogP contribution in [0.1, 0.15) is 6.92 Å². The van der Waals surface area contributed by atoms with E-state index in [-0.39, 0.29) is 17.2 Å². The first-order valence-electron chi connectivity index (χ1n) is 8.19. The van der Waals surface area contributed by atoms with E-state index in [0.29, 0.717) is 11.6 Å². The standard InChI is InChI=1S/C17H22N4O2S/c1-3-21-14-7-5-4-6-13(14)18-16(17(21)23)24-12-15(22)20-10-8-19(2)9-11-20/h4-7H,3,8-12H2,1-2H3. The molecule has 1 aromatic carbocycles. The highest BCUT2D eigenvalue weighted by Crippen LogP contribution is 2.17. The fraction of sp³-hybridized carbons (Fsp3) is 0.471. The van der Waals surface area contributed by atoms with Gasteiger partial charge in [-0.3, -0.25) is 9.59 Å². The van der Waals surface area contributed by atoms with Gasteiger partial charge in [-0.1, -0.05) is 23.9 Å². The molecule has 1 saturated heterocycles. The Bertz CT molecular complexity index is 797. The number of carbonyl (C=O) groups excluding carboxylic acids is 1. The van der Waals surface area contributed by atoms with Gasteiger partial charge in [-0.25, -0.2) is 4.98 Å². The van der Waals surface area contributed by atoms with Crippen molar-refractivity contribution in [1.29, 1.82) is 0 Å². The molecule has 7 heteroatoms. The number of para-hydroxylation sites is 2. The Hall–Kier alpha value is -1.86. The van der Waals surface area contributed by atoms with E-state index in [1.807, 2.05) is 36.1 Å². The minimum absolute atomic E-state index is 0.0745. The molecule has 1 amide bonds. The Morgan fingerprint density at radius 3 is 2.62 bits per heavy atom. The van der Waals surface area contributed by atoms with Crippen molar-refractivity contribution in [3.63, 3.8) is 0 Å². The highest BCUT2D eigenvalue weighted by atomic mass is 32.2. The van der Waals surface area contributed by atoms with Gasteiger partial charge in [-0.05, 0) is 26.1 Å². The molecule has 128 valence electrons. The molecule has 2 aromatic rings. The summed E-state index contributed by atoms with van der Waals surface area (Å²) >= 11 is 1.24. The minimum atomic E-state index is -0.118. The quantitative estimate of drug-likeness (QED) is 0.781. The summed E-state index contributed by atoms with van der Waals surface area (Å²) < 4.78 is 1.71. The normalized spacial score (nSPS) is 15.8. The van der Waals surface area contributed by atoms with Gasteiger partial charge >= 0.3 is 0 Å². The van der Waals surface area contributed by atoms with Crippen LogP contribution in [0, 0.1) is 0 Å². The van der Waals surface area contributed by atoms with Crippen molar-refractivity contribution in [3.05, 3.63) is 34.6 Å². The average molecular weight is 346 g/mol. The number of nitrogens with zero attached hydrogens (tertiary/aromatic N) is 4. The third kappa shape index (κ3) is 3.47. The molecule has 0 atom stereocenters. The van der Waals surface area contributed by atoms with Crippen LogP contribution in [-0.4, -0.2) is 64.2 Å². The number of fused-ring (bicyclic) bond motifs is 1. The van der Waals surface area contributed by atoms with Crippen molar-refractivity contribution in [2.75, 3.05) is 39.0 Å². The molecule has 0 radical (unpaired) electrons. The van der Waals surface area contributed by atoms with Crippen molar-refractivity contribution in [2.45, 2.75) is 18.5 Å². The van der Waals surface area contributed by atoms with Gasteiger partial charge in [0.05, 0.1) is 16.8 Å². The first-order chi connectivity index (χ1) is 11.6. The third-order valence-electron chi connectivity index (χ3n) is 4.33. The predicted octanol–water partition coefficient (Wildman–Crippen LogP) is 1.28. The van der Waals surface area contributed by atoms with Gasteiger partial charge in [0, 0.05) is 32.7 Å². The highest BCUT2D eigenvalue weighted by molar-refractivity contribution is 7.99. The molecule has 0 aliphatic carbocycles. The fourth-order valence-electron chi connectivity index (χ4n) is 2.85. The summed E-state index contributed by atoms with van der Waals surface area (Å²) in [6.07, 6.45) is 0. The smallest absolute Gasteiger partial charge is 0.283 e. The lowest BCUT2D eigenvalue weighted by Gasteiger charge is -2.32. The molecule has 0 N–H and O–H groups in total. The van der Waals surface area contributed by atoms with Crippen molar-refractivity contribution in [2.24, 2.45) is 0 Å². The maximum Gasteiger partial charge on any atom is 0.283 e. The molecule has 6 nitrogen and oxygen atoms in total. The van der Waals surface area contributed by atoms with E-state index < -0.39 is 0 Å². The number of aromatic nitrogens is 2. The van der Waals surface area contributed by atoms with Crippen molar-refractivity contribution >= 4 is 28.7 Å². The summed E-state index contributed by atoms with van der Waals surface area (Å²) in [5, 5.41) is 0.401. The Morgan fingerprint density at radius 2 is 1.92 bits per heavy atom. The van der Waals surface area contributed by atoms with E-state index in [1.54, 1.807) is 4.57 Å². The van der Waals surface area contributed by atoms with Crippen LogP contribution in [-0.2, 0) is 11.3 Å². The number of piperazine rings is 1. The van der Waals surface area contributed by atoms with Gasteiger partial charge in [0.2, 0.25) is 5.91 Å². The zero-order chi connectivity index (χ0) is 17.1. The van der Waals surface area contributed by atoms with Gasteiger partial charge in [-0.2, -0.15) is 0 Å². The van der Waals surface area contributed by atoms with E-state index >= 15 is 0 Å². The second kappa shape index (κ2) is 7.36. The zero-order valence-corrected chi connectivity index (χ0v) is 14.9. The first kappa shape index (κ1) is 17.0. The second-order valence-electron chi connectivity index (χ2n) is 5.93. The van der Waals surface area contributed by atoms with E-state index in [0.717, 1.165) is 37.2 Å². The SMILES string of the molecule is CCn1c(=O)c(SCC(=O)N2CCN(C)CC2)nc2ccccc21. The maximum absolute atomic E-state index is 12.6. The number of rotatable bonds is 4. The summed E-state index contributed by atoms with van der Waals surface area (Å²) in [5.74, 6) is 0.332. The van der Waals surface area contributed by atoms with Crippen LogP contribution in [0.4, 0.5) is 0 Å². The van der Waals surface area contributed by atoms with E-state index in [2.05, 4.69) is 16.9 Å². The van der Waals surface area contributed by atoms with Crippen molar-refractivity contribution in [3.8, 4) is 0 Å². The number of amides is 1. The Labute approximate surface area is 145 Å². The minimum Gasteiger partial charge on any atom is -0.339 e. The molecule has 24 heavy (non-hydrogen) atoms. The first-order valence-corrected chi connectivity index (χ1v) is 9.17. The van der Waals surface area contributed by atoms with E-state index in [4.69, 9.17) is 0 Å². The monoisotopic (exact) mass is 346 g/mol. The maximum atomic E-state index is 12.6. The van der Waals surface area contributed by atoms with Crippen LogP contribution >= 0.6 is 11.8 Å². The summed E-state index contributed by atoms with van der Waals surface area (Å²) in [6, 6.07) is 7.60. The molecule has 0 spiro atoms. The molecule has 1 aromatic heterocycles. The van der Waals surface area contributed by atoms with E-state index in [9.17, 15) is 9.59 Å². The van der Waals surface area contributed by atoms with E-state index in [1.165, 1.54) is 11.8 Å². The van der Waals surface area contributed by atoms with Crippen LogP contribution < -0.4 is 5.56 Å². The third-order valence-corrected chi connectivity index (χ3v) is 5.26. The van der Waals surface area contributed by atoms with Gasteiger partial charge in [-0.15, -0.1) is 0 Å². The van der Waals surface area contributed by atoms with Crippen LogP contribution in [0.3, 0.4) is 0 Å². The van der Waals surface area contributed by atoms with Crippen LogP contribution in [0.25, 0.3) is 11.0 Å². The summed E-state index contributed by atoms with van der Waals surface area (Å²) in [5.41, 5.74) is 1.50. The molecule has 3 rings (SSSR count). The lowest BCUT2D eigenvalue weighted by Crippen LogP contribution is -2.47. The Morgan fingerprint density at radius 1 is 1.21 bits per heavy atom. The summed E-state index contributed by atoms with van der Waals surface area (Å²) in [6.45, 7) is 5.82. The van der Waals surface area contributed by atoms with Gasteiger partial charge in [0.25, 0.3) is 5.56 Å². The lowest BCUT2D eigenvalue weighted by molar-refractivity contribution is -0.129. The number of hydrogen-bond donors (Lipinski definition) is 0. The molecule has 0 unspecified atom stereocenters.